The van der Waals surface area contributed by atoms with Gasteiger partial charge in [-0.05, 0) is 53.8 Å². The second-order valence-corrected chi connectivity index (χ2v) is 7.76. The number of thiophene rings is 1. The molecule has 1 aliphatic heterocycles. The van der Waals surface area contributed by atoms with Gasteiger partial charge in [-0.1, -0.05) is 42.0 Å². The largest absolute Gasteiger partial charge is 0.454 e. The summed E-state index contributed by atoms with van der Waals surface area (Å²) in [5.74, 6) is 1.57. The molecule has 27 heavy (non-hydrogen) atoms. The third-order valence-electron chi connectivity index (χ3n) is 4.40. The molecule has 0 unspecified atom stereocenters. The number of benzene rings is 2. The maximum Gasteiger partial charge on any atom is 0.231 e. The minimum Gasteiger partial charge on any atom is -0.454 e. The lowest BCUT2D eigenvalue weighted by molar-refractivity contribution is 0.174. The standard InChI is InChI=1S/C21H20N2O2S2/c1-14-4-7-16(8-5-14)20(19-3-2-10-27-19)23-21(26)22-12-15-6-9-17-18(11-15)25-13-24-17/h2-11,20H,12-13H2,1H3,(H2,22,23,26)/t20-/m1/s1. The van der Waals surface area contributed by atoms with Crippen LogP contribution in [0.3, 0.4) is 0 Å². The van der Waals surface area contributed by atoms with E-state index < -0.39 is 0 Å². The molecule has 1 atom stereocenters. The monoisotopic (exact) mass is 396 g/mol. The quantitative estimate of drug-likeness (QED) is 0.620. The Bertz CT molecular complexity index is 924. The Balaban J connectivity index is 1.43. The van der Waals surface area contributed by atoms with Gasteiger partial charge in [0.1, 0.15) is 0 Å². The normalized spacial score (nSPS) is 13.2. The van der Waals surface area contributed by atoms with E-state index in [1.807, 2.05) is 18.2 Å². The molecule has 4 nitrogen and oxygen atoms in total. The van der Waals surface area contributed by atoms with Gasteiger partial charge in [-0.2, -0.15) is 0 Å². The SMILES string of the molecule is Cc1ccc([C@@H](NC(=S)NCc2ccc3c(c2)OCO3)c2cccs2)cc1. The third kappa shape index (κ3) is 4.23. The Morgan fingerprint density at radius 1 is 1.11 bits per heavy atom. The Labute approximate surface area is 168 Å². The lowest BCUT2D eigenvalue weighted by Gasteiger charge is -2.21. The summed E-state index contributed by atoms with van der Waals surface area (Å²) in [5, 5.41) is 9.45. The highest BCUT2D eigenvalue weighted by atomic mass is 32.1. The summed E-state index contributed by atoms with van der Waals surface area (Å²) in [7, 11) is 0. The first kappa shape index (κ1) is 17.8. The van der Waals surface area contributed by atoms with Crippen molar-refractivity contribution < 1.29 is 9.47 Å². The van der Waals surface area contributed by atoms with Crippen molar-refractivity contribution in [1.82, 2.24) is 10.6 Å². The van der Waals surface area contributed by atoms with Crippen LogP contribution in [-0.4, -0.2) is 11.9 Å². The number of nitrogens with one attached hydrogen (secondary N) is 2. The molecule has 4 rings (SSSR count). The van der Waals surface area contributed by atoms with E-state index in [0.717, 1.165) is 17.1 Å². The van der Waals surface area contributed by atoms with Crippen molar-refractivity contribution in [3.63, 3.8) is 0 Å². The average molecular weight is 397 g/mol. The van der Waals surface area contributed by atoms with E-state index in [-0.39, 0.29) is 12.8 Å². The van der Waals surface area contributed by atoms with Gasteiger partial charge in [0.2, 0.25) is 6.79 Å². The lowest BCUT2D eigenvalue weighted by Crippen LogP contribution is -2.37. The molecule has 0 amide bonds. The molecule has 138 valence electrons. The zero-order valence-electron chi connectivity index (χ0n) is 14.9. The first-order chi connectivity index (χ1) is 13.2. The van der Waals surface area contributed by atoms with Gasteiger partial charge in [0, 0.05) is 11.4 Å². The van der Waals surface area contributed by atoms with E-state index in [0.29, 0.717) is 11.7 Å². The zero-order chi connectivity index (χ0) is 18.6. The fraction of sp³-hybridized carbons (Fsp3) is 0.190. The van der Waals surface area contributed by atoms with Crippen LogP contribution in [0.2, 0.25) is 0 Å². The van der Waals surface area contributed by atoms with E-state index in [2.05, 4.69) is 59.3 Å². The summed E-state index contributed by atoms with van der Waals surface area (Å²) in [6.07, 6.45) is 0. The Morgan fingerprint density at radius 2 is 1.93 bits per heavy atom. The van der Waals surface area contributed by atoms with E-state index in [9.17, 15) is 0 Å². The van der Waals surface area contributed by atoms with Crippen LogP contribution < -0.4 is 20.1 Å². The van der Waals surface area contributed by atoms with Crippen LogP contribution in [0.15, 0.2) is 60.0 Å². The van der Waals surface area contributed by atoms with Crippen LogP contribution in [-0.2, 0) is 6.54 Å². The van der Waals surface area contributed by atoms with Crippen LogP contribution >= 0.6 is 23.6 Å². The maximum absolute atomic E-state index is 5.55. The van der Waals surface area contributed by atoms with Crippen LogP contribution in [0.25, 0.3) is 0 Å². The molecule has 0 saturated heterocycles. The maximum atomic E-state index is 5.55. The molecule has 2 N–H and O–H groups in total. The van der Waals surface area contributed by atoms with Crippen molar-refractivity contribution in [2.75, 3.05) is 6.79 Å². The van der Waals surface area contributed by atoms with Crippen molar-refractivity contribution in [2.24, 2.45) is 0 Å². The second-order valence-electron chi connectivity index (χ2n) is 6.37. The van der Waals surface area contributed by atoms with E-state index in [4.69, 9.17) is 21.7 Å². The molecule has 1 aliphatic rings. The molecule has 0 radical (unpaired) electrons. The summed E-state index contributed by atoms with van der Waals surface area (Å²) in [6.45, 7) is 2.99. The van der Waals surface area contributed by atoms with Gasteiger partial charge < -0.3 is 20.1 Å². The van der Waals surface area contributed by atoms with Crippen molar-refractivity contribution in [3.8, 4) is 11.5 Å². The van der Waals surface area contributed by atoms with Crippen LogP contribution in [0, 0.1) is 6.92 Å². The summed E-state index contributed by atoms with van der Waals surface area (Å²) >= 11 is 7.27. The predicted molar refractivity (Wildman–Crippen MR) is 112 cm³/mol. The summed E-state index contributed by atoms with van der Waals surface area (Å²) in [6, 6.07) is 18.7. The molecule has 0 aliphatic carbocycles. The van der Waals surface area contributed by atoms with Crippen molar-refractivity contribution in [2.45, 2.75) is 19.5 Å². The van der Waals surface area contributed by atoms with Crippen molar-refractivity contribution in [3.05, 3.63) is 81.5 Å². The average Bonchev–Trinajstić information content (AvgIpc) is 3.36. The highest BCUT2D eigenvalue weighted by molar-refractivity contribution is 7.80. The topological polar surface area (TPSA) is 42.5 Å². The highest BCUT2D eigenvalue weighted by Gasteiger charge is 2.17. The van der Waals surface area contributed by atoms with Gasteiger partial charge in [-0.25, -0.2) is 0 Å². The molecular weight excluding hydrogens is 376 g/mol. The molecule has 0 bridgehead atoms. The van der Waals surface area contributed by atoms with E-state index in [1.54, 1.807) is 11.3 Å². The summed E-state index contributed by atoms with van der Waals surface area (Å²) in [5.41, 5.74) is 3.52. The molecule has 6 heteroatoms. The van der Waals surface area contributed by atoms with Gasteiger partial charge in [-0.15, -0.1) is 11.3 Å². The van der Waals surface area contributed by atoms with Crippen LogP contribution in [0.5, 0.6) is 11.5 Å². The molecular formula is C21H20N2O2S2. The molecule has 3 aromatic rings. The number of thiocarbonyl (C=S) groups is 1. The van der Waals surface area contributed by atoms with E-state index in [1.165, 1.54) is 16.0 Å². The number of hydrogen-bond donors (Lipinski definition) is 2. The van der Waals surface area contributed by atoms with Crippen LogP contribution in [0.4, 0.5) is 0 Å². The minimum atomic E-state index is 0.0300. The summed E-state index contributed by atoms with van der Waals surface area (Å²) < 4.78 is 10.8. The van der Waals surface area contributed by atoms with Gasteiger partial charge in [0.25, 0.3) is 0 Å². The van der Waals surface area contributed by atoms with Crippen LogP contribution in [0.1, 0.15) is 27.6 Å². The molecule has 0 saturated carbocycles. The molecule has 2 heterocycles. The molecule has 0 fully saturated rings. The third-order valence-corrected chi connectivity index (χ3v) is 5.60. The van der Waals surface area contributed by atoms with Crippen molar-refractivity contribution in [1.29, 1.82) is 0 Å². The lowest BCUT2D eigenvalue weighted by atomic mass is 10.0. The van der Waals surface area contributed by atoms with Crippen molar-refractivity contribution >= 4 is 28.7 Å². The minimum absolute atomic E-state index is 0.0300. The predicted octanol–water partition coefficient (Wildman–Crippen LogP) is 4.54. The fourth-order valence-electron chi connectivity index (χ4n) is 2.95. The molecule has 2 aromatic carbocycles. The molecule has 0 spiro atoms. The van der Waals surface area contributed by atoms with E-state index >= 15 is 0 Å². The fourth-order valence-corrected chi connectivity index (χ4v) is 3.94. The number of hydrogen-bond acceptors (Lipinski definition) is 4. The number of fused-ring (bicyclic) bond motifs is 1. The summed E-state index contributed by atoms with van der Waals surface area (Å²) in [4.78, 5) is 1.23. The number of ether oxygens (including phenoxy) is 2. The Kier molecular flexibility index (Phi) is 5.27. The van der Waals surface area contributed by atoms with Gasteiger partial charge in [0.15, 0.2) is 16.6 Å². The number of aryl methyl sites for hydroxylation is 1. The first-order valence-corrected chi connectivity index (χ1v) is 10.0. The molecule has 1 aromatic heterocycles. The first-order valence-electron chi connectivity index (χ1n) is 8.72. The van der Waals surface area contributed by atoms with Gasteiger partial charge >= 0.3 is 0 Å². The second kappa shape index (κ2) is 7.98. The smallest absolute Gasteiger partial charge is 0.231 e. The zero-order valence-corrected chi connectivity index (χ0v) is 16.5. The Hall–Kier alpha value is -2.57. The Morgan fingerprint density at radius 3 is 2.70 bits per heavy atom. The van der Waals surface area contributed by atoms with Gasteiger partial charge in [-0.3, -0.25) is 0 Å². The number of rotatable bonds is 5. The highest BCUT2D eigenvalue weighted by Crippen LogP contribution is 2.32. The van der Waals surface area contributed by atoms with Gasteiger partial charge in [0.05, 0.1) is 6.04 Å².